The normalized spacial score (nSPS) is 9.69. The maximum absolute atomic E-state index is 9.98. The van der Waals surface area contributed by atoms with Gasteiger partial charge in [0, 0.05) is 51.2 Å². The molecule has 45 heavy (non-hydrogen) atoms. The van der Waals surface area contributed by atoms with Crippen LogP contribution in [-0.2, 0) is 19.2 Å². The van der Waals surface area contributed by atoms with Crippen molar-refractivity contribution in [1.82, 2.24) is 0 Å². The van der Waals surface area contributed by atoms with Crippen LogP contribution in [0, 0.1) is 0 Å². The van der Waals surface area contributed by atoms with E-state index in [9.17, 15) is 39.6 Å². The molecule has 8 nitrogen and oxygen atoms in total. The fraction of sp³-hybridized carbons (Fsp3) is 0.889. The summed E-state index contributed by atoms with van der Waals surface area (Å²) < 4.78 is 0. The Morgan fingerprint density at radius 3 is 0.556 bits per heavy atom. The summed E-state index contributed by atoms with van der Waals surface area (Å²) in [5, 5.41) is 39.9. The Kier molecular flexibility index (Phi) is 58.8. The van der Waals surface area contributed by atoms with Gasteiger partial charge in [-0.1, -0.05) is 156 Å². The van der Waals surface area contributed by atoms with Gasteiger partial charge in [0.1, 0.15) is 0 Å². The topological polar surface area (TPSA) is 161 Å². The molecule has 268 valence electrons. The maximum atomic E-state index is 9.98. The summed E-state index contributed by atoms with van der Waals surface area (Å²) in [6, 6.07) is 0. The zero-order chi connectivity index (χ0) is 34.1. The monoisotopic (exact) mass is 836 g/mol. The summed E-state index contributed by atoms with van der Waals surface area (Å²) in [6.45, 7) is 8.67. The average Bonchev–Trinajstić information content (AvgIpc) is 2.97. The van der Waals surface area contributed by atoms with Crippen LogP contribution in [0.4, 0.5) is 0 Å². The Morgan fingerprint density at radius 1 is 0.289 bits per heavy atom. The van der Waals surface area contributed by atoms with Crippen LogP contribution < -0.4 is 20.4 Å². The summed E-state index contributed by atoms with van der Waals surface area (Å²) in [5.74, 6) is -3.66. The number of carbonyl (C=O) groups is 4. The molecule has 0 amide bonds. The summed E-state index contributed by atoms with van der Waals surface area (Å²) in [7, 11) is 0. The third-order valence-electron chi connectivity index (χ3n) is 6.94. The molecule has 0 saturated carbocycles. The van der Waals surface area contributed by atoms with Crippen molar-refractivity contribution in [3.8, 4) is 0 Å². The Bertz CT molecular complexity index is 510. The average molecular weight is 836 g/mol. The predicted octanol–water partition coefficient (Wildman–Crippen LogP) is 5.57. The molecule has 0 aliphatic rings. The number of aliphatic carboxylic acids is 4. The standard InChI is InChI=1S/4C9H18O2.Pb/c4*1-2-3-4-5-6-7-8-9(10)11;/h4*2-8H2,1H3,(H,10,11);/p-4. The first-order valence-corrected chi connectivity index (χ1v) is 17.9. The molecule has 0 saturated heterocycles. The molecular formula is C36H68O8Pb-4. The molecule has 0 fully saturated rings. The molecule has 0 aliphatic carbocycles. The van der Waals surface area contributed by atoms with Crippen molar-refractivity contribution >= 4 is 51.2 Å². The van der Waals surface area contributed by atoms with E-state index in [-0.39, 0.29) is 53.0 Å². The number of carboxylic acids is 4. The molecule has 0 bridgehead atoms. The second kappa shape index (κ2) is 49.7. The van der Waals surface area contributed by atoms with Crippen molar-refractivity contribution in [1.29, 1.82) is 0 Å². The number of carbonyl (C=O) groups excluding carboxylic acids is 4. The Balaban J connectivity index is -0.000000157. The van der Waals surface area contributed by atoms with E-state index in [1.54, 1.807) is 0 Å². The van der Waals surface area contributed by atoms with Crippen LogP contribution in [0.1, 0.15) is 207 Å². The van der Waals surface area contributed by atoms with Gasteiger partial charge in [0.2, 0.25) is 0 Å². The molecule has 0 unspecified atom stereocenters. The summed E-state index contributed by atoms with van der Waals surface area (Å²) in [4.78, 5) is 39.9. The van der Waals surface area contributed by atoms with Crippen molar-refractivity contribution in [3.05, 3.63) is 0 Å². The van der Waals surface area contributed by atoms with Gasteiger partial charge in [0.25, 0.3) is 0 Å². The zero-order valence-corrected chi connectivity index (χ0v) is 33.5. The van der Waals surface area contributed by atoms with Crippen molar-refractivity contribution in [2.75, 3.05) is 0 Å². The number of rotatable bonds is 28. The molecule has 9 heteroatoms. The number of carboxylic acid groups (broad SMARTS) is 4. The van der Waals surface area contributed by atoms with E-state index in [0.717, 1.165) is 51.4 Å². The molecule has 0 atom stereocenters. The fourth-order valence-corrected chi connectivity index (χ4v) is 4.20. The van der Waals surface area contributed by atoms with Crippen molar-refractivity contribution < 1.29 is 39.6 Å². The van der Waals surface area contributed by atoms with Crippen molar-refractivity contribution in [3.63, 3.8) is 0 Å². The summed E-state index contributed by atoms with van der Waals surface area (Å²) in [5.41, 5.74) is 0. The zero-order valence-electron chi connectivity index (χ0n) is 29.6. The molecule has 0 rings (SSSR count). The molecule has 0 heterocycles. The number of hydrogen-bond donors (Lipinski definition) is 0. The minimum Gasteiger partial charge on any atom is -0.550 e. The van der Waals surface area contributed by atoms with Gasteiger partial charge in [0.05, 0.1) is 0 Å². The first kappa shape index (κ1) is 53.3. The van der Waals surface area contributed by atoms with Crippen LogP contribution in [0.25, 0.3) is 0 Å². The molecule has 0 aromatic carbocycles. The van der Waals surface area contributed by atoms with Gasteiger partial charge in [-0.15, -0.1) is 0 Å². The maximum Gasteiger partial charge on any atom is 0.0414 e. The third kappa shape index (κ3) is 75.1. The number of hydrogen-bond acceptors (Lipinski definition) is 8. The van der Waals surface area contributed by atoms with Gasteiger partial charge < -0.3 is 39.6 Å². The van der Waals surface area contributed by atoms with E-state index >= 15 is 0 Å². The molecule has 4 radical (unpaired) electrons. The smallest absolute Gasteiger partial charge is 0.0414 e. The minimum atomic E-state index is -0.916. The predicted molar refractivity (Wildman–Crippen MR) is 178 cm³/mol. The quantitative estimate of drug-likeness (QED) is 0.0731. The van der Waals surface area contributed by atoms with Crippen LogP contribution in [0.3, 0.4) is 0 Å². The van der Waals surface area contributed by atoms with E-state index in [4.69, 9.17) is 0 Å². The Labute approximate surface area is 297 Å². The molecule has 0 N–H and O–H groups in total. The van der Waals surface area contributed by atoms with Crippen LogP contribution in [0.2, 0.25) is 0 Å². The summed E-state index contributed by atoms with van der Waals surface area (Å²) >= 11 is 0. The van der Waals surface area contributed by atoms with Gasteiger partial charge in [-0.05, 0) is 51.4 Å². The van der Waals surface area contributed by atoms with Crippen LogP contribution in [0.5, 0.6) is 0 Å². The van der Waals surface area contributed by atoms with E-state index in [2.05, 4.69) is 27.7 Å². The molecule has 0 aromatic heterocycles. The molecular weight excluding hydrogens is 768 g/mol. The molecule has 0 spiro atoms. The summed E-state index contributed by atoms with van der Waals surface area (Å²) in [6.07, 6.45) is 27.8. The Hall–Kier alpha value is -1.20. The van der Waals surface area contributed by atoms with E-state index in [1.165, 1.54) is 103 Å². The van der Waals surface area contributed by atoms with Crippen molar-refractivity contribution in [2.45, 2.75) is 207 Å². The van der Waals surface area contributed by atoms with Crippen LogP contribution >= 0.6 is 0 Å². The van der Waals surface area contributed by atoms with Gasteiger partial charge in [-0.2, -0.15) is 0 Å². The minimum absolute atomic E-state index is 0. The second-order valence-electron chi connectivity index (χ2n) is 11.6. The second-order valence-corrected chi connectivity index (χ2v) is 11.6. The van der Waals surface area contributed by atoms with Gasteiger partial charge >= 0.3 is 0 Å². The first-order valence-electron chi connectivity index (χ1n) is 17.9. The Morgan fingerprint density at radius 2 is 0.422 bits per heavy atom. The molecule has 0 aliphatic heterocycles. The largest absolute Gasteiger partial charge is 0.550 e. The molecule has 0 aromatic rings. The van der Waals surface area contributed by atoms with E-state index < -0.39 is 23.9 Å². The van der Waals surface area contributed by atoms with E-state index in [1.807, 2.05) is 0 Å². The fourth-order valence-electron chi connectivity index (χ4n) is 4.20. The first-order chi connectivity index (χ1) is 21.1. The van der Waals surface area contributed by atoms with Gasteiger partial charge in [-0.3, -0.25) is 0 Å². The van der Waals surface area contributed by atoms with Gasteiger partial charge in [0.15, 0.2) is 0 Å². The SMILES string of the molecule is CCCCCCCCC(=O)[O-].CCCCCCCCC(=O)[O-].CCCCCCCCC(=O)[O-].CCCCCCCCC(=O)[O-].[Pb]. The van der Waals surface area contributed by atoms with Crippen LogP contribution in [-0.4, -0.2) is 51.2 Å². The number of unbranched alkanes of at least 4 members (excludes halogenated alkanes) is 20. The van der Waals surface area contributed by atoms with Gasteiger partial charge in [-0.25, -0.2) is 0 Å². The van der Waals surface area contributed by atoms with E-state index in [0.29, 0.717) is 0 Å². The van der Waals surface area contributed by atoms with Crippen LogP contribution in [0.15, 0.2) is 0 Å². The third-order valence-corrected chi connectivity index (χ3v) is 6.94. The van der Waals surface area contributed by atoms with Crippen molar-refractivity contribution in [2.24, 2.45) is 0 Å².